The van der Waals surface area contributed by atoms with Gasteiger partial charge in [-0.15, -0.1) is 0 Å². The summed E-state index contributed by atoms with van der Waals surface area (Å²) in [4.78, 5) is 13.9. The standard InChI is InChI=1S/C14H18N4O2/c1-9(10-5-4-6-11(7-10)20-3)18(2)14(19)12-8-13(15)17-16-12/h4-9H,1-3H3,(H3,15,16,17). The van der Waals surface area contributed by atoms with E-state index >= 15 is 0 Å². The lowest BCUT2D eigenvalue weighted by atomic mass is 10.1. The molecule has 0 aliphatic carbocycles. The summed E-state index contributed by atoms with van der Waals surface area (Å²) in [6, 6.07) is 9.07. The van der Waals surface area contributed by atoms with Gasteiger partial charge in [-0.3, -0.25) is 9.89 Å². The van der Waals surface area contributed by atoms with Gasteiger partial charge in [0.25, 0.3) is 5.91 Å². The maximum absolute atomic E-state index is 12.3. The minimum absolute atomic E-state index is 0.0953. The van der Waals surface area contributed by atoms with Crippen molar-refractivity contribution in [2.75, 3.05) is 19.9 Å². The number of rotatable bonds is 4. The largest absolute Gasteiger partial charge is 0.497 e. The molecule has 0 aliphatic heterocycles. The number of carbonyl (C=O) groups is 1. The second-order valence-electron chi connectivity index (χ2n) is 4.58. The van der Waals surface area contributed by atoms with Crippen LogP contribution in [0.5, 0.6) is 5.75 Å². The smallest absolute Gasteiger partial charge is 0.272 e. The van der Waals surface area contributed by atoms with Crippen LogP contribution >= 0.6 is 0 Å². The zero-order valence-corrected chi connectivity index (χ0v) is 11.8. The molecule has 0 spiro atoms. The van der Waals surface area contributed by atoms with Crippen molar-refractivity contribution in [2.45, 2.75) is 13.0 Å². The number of nitrogens with two attached hydrogens (primary N) is 1. The van der Waals surface area contributed by atoms with Gasteiger partial charge in [0.2, 0.25) is 0 Å². The van der Waals surface area contributed by atoms with Crippen molar-refractivity contribution in [2.24, 2.45) is 0 Å². The number of aromatic amines is 1. The average Bonchev–Trinajstić information content (AvgIpc) is 2.91. The van der Waals surface area contributed by atoms with Gasteiger partial charge >= 0.3 is 0 Å². The van der Waals surface area contributed by atoms with Crippen molar-refractivity contribution in [1.82, 2.24) is 15.1 Å². The van der Waals surface area contributed by atoms with Crippen molar-refractivity contribution in [3.63, 3.8) is 0 Å². The summed E-state index contributed by atoms with van der Waals surface area (Å²) in [5, 5.41) is 6.39. The third-order valence-electron chi connectivity index (χ3n) is 3.31. The second-order valence-corrected chi connectivity index (χ2v) is 4.58. The predicted molar refractivity (Wildman–Crippen MR) is 76.5 cm³/mol. The van der Waals surface area contributed by atoms with E-state index in [0.717, 1.165) is 11.3 Å². The number of nitrogens with zero attached hydrogens (tertiary/aromatic N) is 2. The van der Waals surface area contributed by atoms with Gasteiger partial charge in [0.15, 0.2) is 0 Å². The maximum atomic E-state index is 12.3. The minimum atomic E-state index is -0.162. The molecule has 0 aliphatic rings. The lowest BCUT2D eigenvalue weighted by molar-refractivity contribution is 0.0736. The Kier molecular flexibility index (Phi) is 3.93. The summed E-state index contributed by atoms with van der Waals surface area (Å²) >= 11 is 0. The molecule has 0 radical (unpaired) electrons. The Morgan fingerprint density at radius 3 is 2.80 bits per heavy atom. The first-order valence-electron chi connectivity index (χ1n) is 6.25. The molecule has 1 unspecified atom stereocenters. The summed E-state index contributed by atoms with van der Waals surface area (Å²) in [7, 11) is 3.36. The normalized spacial score (nSPS) is 11.9. The molecule has 1 atom stereocenters. The van der Waals surface area contributed by atoms with Crippen LogP contribution in [0.4, 0.5) is 5.82 Å². The molecule has 0 saturated carbocycles. The molecule has 106 valence electrons. The fourth-order valence-electron chi connectivity index (χ4n) is 1.94. The Labute approximate surface area is 117 Å². The Morgan fingerprint density at radius 1 is 1.45 bits per heavy atom. The highest BCUT2D eigenvalue weighted by Crippen LogP contribution is 2.24. The van der Waals surface area contributed by atoms with Crippen molar-refractivity contribution in [1.29, 1.82) is 0 Å². The van der Waals surface area contributed by atoms with Gasteiger partial charge in [-0.25, -0.2) is 0 Å². The number of hydrogen-bond donors (Lipinski definition) is 2. The van der Waals surface area contributed by atoms with E-state index in [-0.39, 0.29) is 11.9 Å². The van der Waals surface area contributed by atoms with Crippen LogP contribution in [0.15, 0.2) is 30.3 Å². The first-order chi connectivity index (χ1) is 9.52. The molecular weight excluding hydrogens is 256 g/mol. The van der Waals surface area contributed by atoms with Gasteiger partial charge in [-0.1, -0.05) is 12.1 Å². The van der Waals surface area contributed by atoms with Crippen LogP contribution < -0.4 is 10.5 Å². The number of anilines is 1. The molecule has 1 aromatic carbocycles. The number of nitrogens with one attached hydrogen (secondary N) is 1. The quantitative estimate of drug-likeness (QED) is 0.891. The van der Waals surface area contributed by atoms with Crippen LogP contribution in [-0.2, 0) is 0 Å². The van der Waals surface area contributed by atoms with Crippen LogP contribution in [-0.4, -0.2) is 35.2 Å². The van der Waals surface area contributed by atoms with Crippen LogP contribution in [0.1, 0.15) is 29.0 Å². The van der Waals surface area contributed by atoms with Crippen molar-refractivity contribution >= 4 is 11.7 Å². The van der Waals surface area contributed by atoms with Gasteiger partial charge in [-0.05, 0) is 24.6 Å². The van der Waals surface area contributed by atoms with Crippen LogP contribution in [0.25, 0.3) is 0 Å². The molecule has 2 rings (SSSR count). The molecule has 0 bridgehead atoms. The first kappa shape index (κ1) is 13.9. The van der Waals surface area contributed by atoms with E-state index in [1.807, 2.05) is 31.2 Å². The molecule has 6 heteroatoms. The summed E-state index contributed by atoms with van der Waals surface area (Å²) in [6.45, 7) is 1.95. The summed E-state index contributed by atoms with van der Waals surface area (Å²) in [6.07, 6.45) is 0. The predicted octanol–water partition coefficient (Wildman–Crippen LogP) is 1.83. The monoisotopic (exact) mass is 274 g/mol. The van der Waals surface area contributed by atoms with E-state index in [9.17, 15) is 4.79 Å². The molecule has 0 fully saturated rings. The number of hydrogen-bond acceptors (Lipinski definition) is 4. The van der Waals surface area contributed by atoms with Crippen LogP contribution in [0.2, 0.25) is 0 Å². The van der Waals surface area contributed by atoms with E-state index in [1.165, 1.54) is 6.07 Å². The first-order valence-corrected chi connectivity index (χ1v) is 6.25. The molecule has 2 aromatic rings. The molecule has 0 saturated heterocycles. The zero-order valence-electron chi connectivity index (χ0n) is 11.8. The Morgan fingerprint density at radius 2 is 2.20 bits per heavy atom. The molecule has 1 amide bonds. The highest BCUT2D eigenvalue weighted by atomic mass is 16.5. The number of ether oxygens (including phenoxy) is 1. The molecule has 1 aromatic heterocycles. The highest BCUT2D eigenvalue weighted by molar-refractivity contribution is 5.93. The molecule has 6 nitrogen and oxygen atoms in total. The highest BCUT2D eigenvalue weighted by Gasteiger charge is 2.20. The lowest BCUT2D eigenvalue weighted by Gasteiger charge is -2.25. The number of carbonyl (C=O) groups excluding carboxylic acids is 1. The van der Waals surface area contributed by atoms with Gasteiger partial charge < -0.3 is 15.4 Å². The fourth-order valence-corrected chi connectivity index (χ4v) is 1.94. The van der Waals surface area contributed by atoms with E-state index < -0.39 is 0 Å². The number of aromatic nitrogens is 2. The Hall–Kier alpha value is -2.50. The second kappa shape index (κ2) is 5.64. The molecule has 20 heavy (non-hydrogen) atoms. The van der Waals surface area contributed by atoms with E-state index in [2.05, 4.69) is 10.2 Å². The summed E-state index contributed by atoms with van der Waals surface area (Å²) < 4.78 is 5.20. The third-order valence-corrected chi connectivity index (χ3v) is 3.31. The number of nitrogen functional groups attached to an aromatic ring is 1. The topological polar surface area (TPSA) is 84.2 Å². The van der Waals surface area contributed by atoms with Crippen LogP contribution in [0, 0.1) is 0 Å². The van der Waals surface area contributed by atoms with Crippen molar-refractivity contribution in [3.8, 4) is 5.75 Å². The summed E-state index contributed by atoms with van der Waals surface area (Å²) in [5.41, 5.74) is 6.88. The van der Waals surface area contributed by atoms with E-state index in [0.29, 0.717) is 11.5 Å². The number of methoxy groups -OCH3 is 1. The number of H-pyrrole nitrogens is 1. The van der Waals surface area contributed by atoms with Gasteiger partial charge in [0.05, 0.1) is 13.2 Å². The fraction of sp³-hybridized carbons (Fsp3) is 0.286. The van der Waals surface area contributed by atoms with Crippen molar-refractivity contribution < 1.29 is 9.53 Å². The third kappa shape index (κ3) is 2.74. The van der Waals surface area contributed by atoms with Crippen molar-refractivity contribution in [3.05, 3.63) is 41.6 Å². The SMILES string of the molecule is COc1cccc(C(C)N(C)C(=O)c2cc(N)n[nH]2)c1. The van der Waals surface area contributed by atoms with Gasteiger partial charge in [-0.2, -0.15) is 5.10 Å². The number of amides is 1. The summed E-state index contributed by atoms with van der Waals surface area (Å²) in [5.74, 6) is 0.904. The lowest BCUT2D eigenvalue weighted by Crippen LogP contribution is -2.29. The minimum Gasteiger partial charge on any atom is -0.497 e. The number of benzene rings is 1. The van der Waals surface area contributed by atoms with Gasteiger partial charge in [0.1, 0.15) is 17.3 Å². The Balaban J connectivity index is 2.19. The van der Waals surface area contributed by atoms with Gasteiger partial charge in [0, 0.05) is 13.1 Å². The average molecular weight is 274 g/mol. The molecule has 1 heterocycles. The maximum Gasteiger partial charge on any atom is 0.272 e. The Bertz CT molecular complexity index is 609. The zero-order chi connectivity index (χ0) is 14.7. The molecule has 3 N–H and O–H groups in total. The molecular formula is C14H18N4O2. The van der Waals surface area contributed by atoms with Crippen LogP contribution in [0.3, 0.4) is 0 Å². The van der Waals surface area contributed by atoms with E-state index in [1.54, 1.807) is 19.1 Å². The van der Waals surface area contributed by atoms with E-state index in [4.69, 9.17) is 10.5 Å².